The second-order valence-electron chi connectivity index (χ2n) is 3.42. The van der Waals surface area contributed by atoms with Gasteiger partial charge in [0.25, 0.3) is 0 Å². The lowest BCUT2D eigenvalue weighted by Gasteiger charge is -2.04. The topological polar surface area (TPSA) is 47.3 Å². The van der Waals surface area contributed by atoms with Crippen LogP contribution >= 0.6 is 0 Å². The van der Waals surface area contributed by atoms with Crippen molar-refractivity contribution in [2.75, 3.05) is 0 Å². The standard InChI is InChI=1S/C13H10O3/c1-9(15)11-4-2-3-5-12(11)13-10(8-14)6-7-16-13/h2-8H,1H3. The third kappa shape index (κ3) is 1.67. The SMILES string of the molecule is CC(=O)c1ccccc1-c1occc1C=O. The van der Waals surface area contributed by atoms with Gasteiger partial charge in [0.1, 0.15) is 5.76 Å². The molecule has 0 N–H and O–H groups in total. The van der Waals surface area contributed by atoms with Gasteiger partial charge in [-0.05, 0) is 13.0 Å². The van der Waals surface area contributed by atoms with E-state index in [0.717, 1.165) is 6.29 Å². The fraction of sp³-hybridized carbons (Fsp3) is 0.0769. The third-order valence-electron chi connectivity index (χ3n) is 2.37. The molecule has 1 heterocycles. The summed E-state index contributed by atoms with van der Waals surface area (Å²) in [6.07, 6.45) is 2.16. The largest absolute Gasteiger partial charge is 0.464 e. The number of hydrogen-bond acceptors (Lipinski definition) is 3. The average Bonchev–Trinajstić information content (AvgIpc) is 2.76. The van der Waals surface area contributed by atoms with Crippen LogP contribution in [0.25, 0.3) is 11.3 Å². The van der Waals surface area contributed by atoms with Gasteiger partial charge in [-0.25, -0.2) is 0 Å². The van der Waals surface area contributed by atoms with E-state index in [9.17, 15) is 9.59 Å². The van der Waals surface area contributed by atoms with Crippen LogP contribution in [0.1, 0.15) is 27.6 Å². The van der Waals surface area contributed by atoms with Crippen molar-refractivity contribution < 1.29 is 14.0 Å². The highest BCUT2D eigenvalue weighted by Crippen LogP contribution is 2.27. The summed E-state index contributed by atoms with van der Waals surface area (Å²) < 4.78 is 5.25. The van der Waals surface area contributed by atoms with E-state index in [1.54, 1.807) is 30.3 Å². The predicted octanol–water partition coefficient (Wildman–Crippen LogP) is 2.96. The molecule has 0 amide bonds. The Kier molecular flexibility index (Phi) is 2.68. The second-order valence-corrected chi connectivity index (χ2v) is 3.42. The molecule has 0 bridgehead atoms. The minimum Gasteiger partial charge on any atom is -0.464 e. The Hall–Kier alpha value is -2.16. The van der Waals surface area contributed by atoms with Crippen LogP contribution in [-0.4, -0.2) is 12.1 Å². The van der Waals surface area contributed by atoms with Crippen LogP contribution < -0.4 is 0 Å². The summed E-state index contributed by atoms with van der Waals surface area (Å²) in [7, 11) is 0. The summed E-state index contributed by atoms with van der Waals surface area (Å²) >= 11 is 0. The van der Waals surface area contributed by atoms with Crippen molar-refractivity contribution in [3.63, 3.8) is 0 Å². The van der Waals surface area contributed by atoms with Crippen LogP contribution in [0.5, 0.6) is 0 Å². The fourth-order valence-electron chi connectivity index (χ4n) is 1.62. The Bertz CT molecular complexity index is 538. The maximum atomic E-state index is 11.4. The molecule has 2 rings (SSSR count). The van der Waals surface area contributed by atoms with Crippen LogP contribution in [0.2, 0.25) is 0 Å². The summed E-state index contributed by atoms with van der Waals surface area (Å²) in [4.78, 5) is 22.2. The molecule has 2 aromatic rings. The summed E-state index contributed by atoms with van der Waals surface area (Å²) in [6.45, 7) is 1.49. The first kappa shape index (κ1) is 10.4. The molecule has 80 valence electrons. The fourth-order valence-corrected chi connectivity index (χ4v) is 1.62. The molecule has 16 heavy (non-hydrogen) atoms. The maximum absolute atomic E-state index is 11.4. The lowest BCUT2D eigenvalue weighted by molar-refractivity contribution is 0.101. The molecule has 0 spiro atoms. The van der Waals surface area contributed by atoms with Crippen molar-refractivity contribution in [2.24, 2.45) is 0 Å². The van der Waals surface area contributed by atoms with E-state index >= 15 is 0 Å². The van der Waals surface area contributed by atoms with Gasteiger partial charge in [0, 0.05) is 11.1 Å². The van der Waals surface area contributed by atoms with E-state index in [2.05, 4.69) is 0 Å². The molecule has 0 aliphatic rings. The van der Waals surface area contributed by atoms with Crippen molar-refractivity contribution in [3.8, 4) is 11.3 Å². The molecule has 0 fully saturated rings. The Labute approximate surface area is 92.7 Å². The van der Waals surface area contributed by atoms with E-state index in [0.29, 0.717) is 22.5 Å². The molecule has 0 saturated carbocycles. The quantitative estimate of drug-likeness (QED) is 0.583. The predicted molar refractivity (Wildman–Crippen MR) is 59.5 cm³/mol. The van der Waals surface area contributed by atoms with Gasteiger partial charge in [-0.3, -0.25) is 9.59 Å². The van der Waals surface area contributed by atoms with Crippen molar-refractivity contribution in [1.82, 2.24) is 0 Å². The van der Waals surface area contributed by atoms with Crippen molar-refractivity contribution in [2.45, 2.75) is 6.92 Å². The van der Waals surface area contributed by atoms with Gasteiger partial charge >= 0.3 is 0 Å². The highest BCUT2D eigenvalue weighted by atomic mass is 16.3. The Morgan fingerprint density at radius 2 is 2.00 bits per heavy atom. The van der Waals surface area contributed by atoms with Gasteiger partial charge in [0.05, 0.1) is 11.8 Å². The first-order chi connectivity index (χ1) is 7.74. The van der Waals surface area contributed by atoms with E-state index in [1.807, 2.05) is 0 Å². The third-order valence-corrected chi connectivity index (χ3v) is 2.37. The monoisotopic (exact) mass is 214 g/mol. The maximum Gasteiger partial charge on any atom is 0.160 e. The normalized spacial score (nSPS) is 10.1. The number of benzene rings is 1. The molecule has 1 aromatic carbocycles. The Balaban J connectivity index is 2.64. The number of hydrogen-bond donors (Lipinski definition) is 0. The molecule has 0 saturated heterocycles. The van der Waals surface area contributed by atoms with Gasteiger partial charge in [0.15, 0.2) is 12.1 Å². The van der Waals surface area contributed by atoms with Gasteiger partial charge in [-0.15, -0.1) is 0 Å². The first-order valence-electron chi connectivity index (χ1n) is 4.87. The molecule has 3 nitrogen and oxygen atoms in total. The molecular weight excluding hydrogens is 204 g/mol. The number of carbonyl (C=O) groups is 2. The minimum absolute atomic E-state index is 0.0520. The zero-order chi connectivity index (χ0) is 11.5. The van der Waals surface area contributed by atoms with Gasteiger partial charge < -0.3 is 4.42 Å². The Morgan fingerprint density at radius 1 is 1.25 bits per heavy atom. The van der Waals surface area contributed by atoms with Crippen molar-refractivity contribution >= 4 is 12.1 Å². The van der Waals surface area contributed by atoms with Crippen LogP contribution in [0.3, 0.4) is 0 Å². The van der Waals surface area contributed by atoms with Crippen LogP contribution in [-0.2, 0) is 0 Å². The van der Waals surface area contributed by atoms with E-state index in [-0.39, 0.29) is 5.78 Å². The minimum atomic E-state index is -0.0520. The van der Waals surface area contributed by atoms with Gasteiger partial charge in [-0.1, -0.05) is 24.3 Å². The van der Waals surface area contributed by atoms with Gasteiger partial charge in [0.2, 0.25) is 0 Å². The van der Waals surface area contributed by atoms with Crippen LogP contribution in [0.15, 0.2) is 41.0 Å². The van der Waals surface area contributed by atoms with Crippen molar-refractivity contribution in [1.29, 1.82) is 0 Å². The number of Topliss-reactive ketones (excluding diaryl/α,β-unsaturated/α-hetero) is 1. The summed E-state index contributed by atoms with van der Waals surface area (Å²) in [5.41, 5.74) is 1.66. The molecule has 0 radical (unpaired) electrons. The van der Waals surface area contributed by atoms with Crippen LogP contribution in [0.4, 0.5) is 0 Å². The first-order valence-corrected chi connectivity index (χ1v) is 4.87. The molecule has 1 aromatic heterocycles. The lowest BCUT2D eigenvalue weighted by Crippen LogP contribution is -1.96. The van der Waals surface area contributed by atoms with Crippen LogP contribution in [0, 0.1) is 0 Å². The molecule has 0 unspecified atom stereocenters. The average molecular weight is 214 g/mol. The summed E-state index contributed by atoms with van der Waals surface area (Å²) in [5, 5.41) is 0. The highest BCUT2D eigenvalue weighted by Gasteiger charge is 2.14. The summed E-state index contributed by atoms with van der Waals surface area (Å²) in [6, 6.07) is 8.65. The number of furan rings is 1. The lowest BCUT2D eigenvalue weighted by atomic mass is 10.0. The van der Waals surface area contributed by atoms with Gasteiger partial charge in [-0.2, -0.15) is 0 Å². The highest BCUT2D eigenvalue weighted by molar-refractivity contribution is 6.01. The zero-order valence-corrected chi connectivity index (χ0v) is 8.77. The molecule has 3 heteroatoms. The number of carbonyl (C=O) groups excluding carboxylic acids is 2. The number of rotatable bonds is 3. The Morgan fingerprint density at radius 3 is 2.69 bits per heavy atom. The van der Waals surface area contributed by atoms with Crippen molar-refractivity contribution in [3.05, 3.63) is 47.7 Å². The van der Waals surface area contributed by atoms with E-state index in [4.69, 9.17) is 4.42 Å². The molecule has 0 atom stereocenters. The molecular formula is C13H10O3. The zero-order valence-electron chi connectivity index (χ0n) is 8.77. The van der Waals surface area contributed by atoms with E-state index < -0.39 is 0 Å². The molecule has 0 aliphatic carbocycles. The summed E-state index contributed by atoms with van der Waals surface area (Å²) in [5.74, 6) is 0.393. The second kappa shape index (κ2) is 4.14. The number of aldehydes is 1. The van der Waals surface area contributed by atoms with E-state index in [1.165, 1.54) is 13.2 Å². The molecule has 0 aliphatic heterocycles. The number of ketones is 1. The smallest absolute Gasteiger partial charge is 0.160 e.